The molecular weight excluding hydrogens is 164 g/mol. The smallest absolute Gasteiger partial charge is 0.0824 e. The van der Waals surface area contributed by atoms with Crippen LogP contribution in [-0.2, 0) is 4.74 Å². The van der Waals surface area contributed by atoms with Gasteiger partial charge in [-0.2, -0.15) is 0 Å². The third-order valence-corrected chi connectivity index (χ3v) is 3.27. The molecule has 76 valence electrons. The van der Waals surface area contributed by atoms with Crippen molar-refractivity contribution in [2.24, 2.45) is 5.73 Å². The second-order valence-electron chi connectivity index (χ2n) is 4.16. The average molecular weight is 184 g/mol. The van der Waals surface area contributed by atoms with E-state index < -0.39 is 0 Å². The molecule has 3 heteroatoms. The summed E-state index contributed by atoms with van der Waals surface area (Å²) in [5, 5.41) is 0. The number of hydrogen-bond acceptors (Lipinski definition) is 3. The summed E-state index contributed by atoms with van der Waals surface area (Å²) in [6, 6.07) is 0.831. The minimum absolute atomic E-state index is 0.286. The van der Waals surface area contributed by atoms with Gasteiger partial charge in [0, 0.05) is 25.7 Å². The number of nitrogens with two attached hydrogens (primary N) is 1. The number of rotatable bonds is 2. The van der Waals surface area contributed by atoms with Gasteiger partial charge in [0.25, 0.3) is 0 Å². The zero-order valence-electron chi connectivity index (χ0n) is 8.24. The van der Waals surface area contributed by atoms with Gasteiger partial charge in [-0.05, 0) is 12.8 Å². The third kappa shape index (κ3) is 2.22. The monoisotopic (exact) mass is 184 g/mol. The minimum atomic E-state index is 0.286. The maximum absolute atomic E-state index is 5.61. The van der Waals surface area contributed by atoms with Crippen molar-refractivity contribution in [2.45, 2.75) is 37.8 Å². The van der Waals surface area contributed by atoms with Crippen molar-refractivity contribution in [1.82, 2.24) is 4.90 Å². The fourth-order valence-electron chi connectivity index (χ4n) is 2.49. The lowest BCUT2D eigenvalue weighted by Gasteiger charge is -2.36. The number of nitrogens with zero attached hydrogens (tertiary/aromatic N) is 1. The van der Waals surface area contributed by atoms with E-state index in [1.54, 1.807) is 0 Å². The molecule has 13 heavy (non-hydrogen) atoms. The predicted octanol–water partition coefficient (Wildman–Crippen LogP) is 0.588. The summed E-state index contributed by atoms with van der Waals surface area (Å²) >= 11 is 0. The fourth-order valence-corrected chi connectivity index (χ4v) is 2.49. The van der Waals surface area contributed by atoms with Crippen molar-refractivity contribution in [3.05, 3.63) is 0 Å². The van der Waals surface area contributed by atoms with Crippen LogP contribution in [0.25, 0.3) is 0 Å². The highest BCUT2D eigenvalue weighted by atomic mass is 16.5. The maximum atomic E-state index is 5.61. The Bertz CT molecular complexity index is 157. The van der Waals surface area contributed by atoms with Gasteiger partial charge >= 0.3 is 0 Å². The highest BCUT2D eigenvalue weighted by Crippen LogP contribution is 2.24. The Labute approximate surface area is 80.2 Å². The topological polar surface area (TPSA) is 38.5 Å². The average Bonchev–Trinajstić information content (AvgIpc) is 2.71. The summed E-state index contributed by atoms with van der Waals surface area (Å²) in [6.45, 7) is 3.71. The van der Waals surface area contributed by atoms with Crippen LogP contribution in [0.5, 0.6) is 0 Å². The third-order valence-electron chi connectivity index (χ3n) is 3.27. The first kappa shape index (κ1) is 9.44. The van der Waals surface area contributed by atoms with Crippen LogP contribution in [0, 0.1) is 0 Å². The van der Waals surface area contributed by atoms with Crippen molar-refractivity contribution < 1.29 is 4.74 Å². The summed E-state index contributed by atoms with van der Waals surface area (Å²) in [6.07, 6.45) is 5.88. The summed E-state index contributed by atoms with van der Waals surface area (Å²) in [5.41, 5.74) is 5.61. The van der Waals surface area contributed by atoms with Crippen LogP contribution in [0.4, 0.5) is 0 Å². The van der Waals surface area contributed by atoms with Crippen LogP contribution in [-0.4, -0.2) is 43.3 Å². The number of ether oxygens (including phenoxy) is 1. The molecule has 3 nitrogen and oxygen atoms in total. The van der Waals surface area contributed by atoms with Crippen molar-refractivity contribution in [2.75, 3.05) is 26.2 Å². The molecule has 2 N–H and O–H groups in total. The first-order chi connectivity index (χ1) is 6.40. The molecule has 2 aliphatic rings. The Morgan fingerprint density at radius 2 is 2.08 bits per heavy atom. The summed E-state index contributed by atoms with van der Waals surface area (Å²) < 4.78 is 5.55. The quantitative estimate of drug-likeness (QED) is 0.682. The molecule has 0 bridgehead atoms. The van der Waals surface area contributed by atoms with Gasteiger partial charge in [-0.3, -0.25) is 4.90 Å². The summed E-state index contributed by atoms with van der Waals surface area (Å²) in [7, 11) is 0. The Balaban J connectivity index is 1.84. The van der Waals surface area contributed by atoms with Gasteiger partial charge in [-0.15, -0.1) is 0 Å². The molecule has 0 aromatic rings. The molecule has 0 spiro atoms. The molecule has 0 aromatic heterocycles. The SMILES string of the molecule is NCC1CN(C2CCCC2)CCO1. The number of morpholine rings is 1. The molecule has 1 saturated carbocycles. The Morgan fingerprint density at radius 3 is 2.77 bits per heavy atom. The Kier molecular flexibility index (Phi) is 3.19. The van der Waals surface area contributed by atoms with Gasteiger partial charge < -0.3 is 10.5 Å². The second-order valence-corrected chi connectivity index (χ2v) is 4.16. The van der Waals surface area contributed by atoms with Crippen molar-refractivity contribution >= 4 is 0 Å². The molecule has 1 saturated heterocycles. The molecule has 2 fully saturated rings. The van der Waals surface area contributed by atoms with E-state index in [-0.39, 0.29) is 6.10 Å². The van der Waals surface area contributed by atoms with Crippen LogP contribution in [0.3, 0.4) is 0 Å². The van der Waals surface area contributed by atoms with E-state index in [1.807, 2.05) is 0 Å². The number of hydrogen-bond donors (Lipinski definition) is 1. The van der Waals surface area contributed by atoms with E-state index in [1.165, 1.54) is 25.7 Å². The van der Waals surface area contributed by atoms with Gasteiger partial charge in [-0.1, -0.05) is 12.8 Å². The lowest BCUT2D eigenvalue weighted by molar-refractivity contribution is -0.0374. The Hall–Kier alpha value is -0.120. The lowest BCUT2D eigenvalue weighted by Crippen LogP contribution is -2.49. The highest BCUT2D eigenvalue weighted by Gasteiger charge is 2.27. The Morgan fingerprint density at radius 1 is 1.31 bits per heavy atom. The maximum Gasteiger partial charge on any atom is 0.0824 e. The van der Waals surface area contributed by atoms with Crippen LogP contribution in [0.1, 0.15) is 25.7 Å². The van der Waals surface area contributed by atoms with Crippen LogP contribution in [0.2, 0.25) is 0 Å². The largest absolute Gasteiger partial charge is 0.374 e. The van der Waals surface area contributed by atoms with Gasteiger partial charge in [0.1, 0.15) is 0 Å². The second kappa shape index (κ2) is 4.40. The van der Waals surface area contributed by atoms with Crippen molar-refractivity contribution in [1.29, 1.82) is 0 Å². The molecule has 1 unspecified atom stereocenters. The van der Waals surface area contributed by atoms with E-state index in [0.29, 0.717) is 6.54 Å². The predicted molar refractivity (Wildman–Crippen MR) is 52.6 cm³/mol. The molecule has 0 aromatic carbocycles. The van der Waals surface area contributed by atoms with Crippen molar-refractivity contribution in [3.8, 4) is 0 Å². The molecule has 0 amide bonds. The lowest BCUT2D eigenvalue weighted by atomic mass is 10.1. The highest BCUT2D eigenvalue weighted by molar-refractivity contribution is 4.82. The van der Waals surface area contributed by atoms with Crippen LogP contribution in [0.15, 0.2) is 0 Å². The minimum Gasteiger partial charge on any atom is -0.374 e. The molecule has 2 rings (SSSR count). The first-order valence-corrected chi connectivity index (χ1v) is 5.46. The van der Waals surface area contributed by atoms with Gasteiger partial charge in [0.2, 0.25) is 0 Å². The van der Waals surface area contributed by atoms with E-state index in [9.17, 15) is 0 Å². The van der Waals surface area contributed by atoms with E-state index >= 15 is 0 Å². The standard InChI is InChI=1S/C10H20N2O/c11-7-10-8-12(5-6-13-10)9-3-1-2-4-9/h9-10H,1-8,11H2. The molecule has 1 heterocycles. The zero-order valence-corrected chi connectivity index (χ0v) is 8.24. The molecule has 1 aliphatic carbocycles. The van der Waals surface area contributed by atoms with E-state index in [2.05, 4.69) is 4.90 Å². The van der Waals surface area contributed by atoms with Gasteiger partial charge in [0.15, 0.2) is 0 Å². The molecule has 0 radical (unpaired) electrons. The van der Waals surface area contributed by atoms with Crippen molar-refractivity contribution in [3.63, 3.8) is 0 Å². The zero-order chi connectivity index (χ0) is 9.10. The van der Waals surface area contributed by atoms with Crippen LogP contribution >= 0.6 is 0 Å². The summed E-state index contributed by atoms with van der Waals surface area (Å²) in [4.78, 5) is 2.58. The van der Waals surface area contributed by atoms with E-state index in [0.717, 1.165) is 25.7 Å². The van der Waals surface area contributed by atoms with Gasteiger partial charge in [0.05, 0.1) is 12.7 Å². The summed E-state index contributed by atoms with van der Waals surface area (Å²) in [5.74, 6) is 0. The van der Waals surface area contributed by atoms with Crippen LogP contribution < -0.4 is 5.73 Å². The normalized spacial score (nSPS) is 32.5. The fraction of sp³-hybridized carbons (Fsp3) is 1.00. The van der Waals surface area contributed by atoms with Gasteiger partial charge in [-0.25, -0.2) is 0 Å². The first-order valence-electron chi connectivity index (χ1n) is 5.46. The molecular formula is C10H20N2O. The van der Waals surface area contributed by atoms with E-state index in [4.69, 9.17) is 10.5 Å². The molecule has 1 atom stereocenters. The molecule has 1 aliphatic heterocycles.